The van der Waals surface area contributed by atoms with Gasteiger partial charge in [0.25, 0.3) is 0 Å². The summed E-state index contributed by atoms with van der Waals surface area (Å²) in [6, 6.07) is 0. The molecule has 2 heteroatoms. The Hall–Kier alpha value is -0.0800. The van der Waals surface area contributed by atoms with Gasteiger partial charge in [0.05, 0.1) is 0 Å². The van der Waals surface area contributed by atoms with Crippen LogP contribution < -0.4 is 0 Å². The Kier molecular flexibility index (Phi) is 5.95. The number of rotatable bonds is 5. The van der Waals surface area contributed by atoms with Gasteiger partial charge in [-0.25, -0.2) is 0 Å². The monoisotopic (exact) mass is 404 g/mol. The predicted octanol–water partition coefficient (Wildman–Crippen LogP) is 6.79. The fraction of sp³-hybridized carbons (Fsp3) is 1.00. The smallest absolute Gasteiger partial charge is 0.168 e. The lowest BCUT2D eigenvalue weighted by molar-refractivity contribution is -0.313. The van der Waals surface area contributed by atoms with E-state index in [1.54, 1.807) is 0 Å². The molecule has 0 unspecified atom stereocenters. The molecule has 2 nitrogen and oxygen atoms in total. The third kappa shape index (κ3) is 3.43. The van der Waals surface area contributed by atoms with Gasteiger partial charge in [0.2, 0.25) is 0 Å². The average molecular weight is 405 g/mol. The molecule has 0 aromatic heterocycles. The van der Waals surface area contributed by atoms with Gasteiger partial charge in [-0.05, 0) is 98.2 Å². The van der Waals surface area contributed by atoms with Crippen molar-refractivity contribution < 1.29 is 10.2 Å². The molecule has 0 aromatic rings. The van der Waals surface area contributed by atoms with Crippen LogP contribution in [-0.2, 0) is 0 Å². The SMILES string of the molecule is CC(C)CCC[C@@H](C)[C@H]1CC[C@H]2[C@@H]3CC[C@@H]4CCCC(O)(O)[C@]4(C)[C@H]3CC[C@]12C. The molecule has 2 N–H and O–H groups in total. The van der Waals surface area contributed by atoms with Crippen LogP contribution in [0.2, 0.25) is 0 Å². The Morgan fingerprint density at radius 3 is 2.31 bits per heavy atom. The fourth-order valence-corrected chi connectivity index (χ4v) is 9.39. The third-order valence-electron chi connectivity index (χ3n) is 11.0. The molecule has 0 bridgehead atoms. The highest BCUT2D eigenvalue weighted by molar-refractivity contribution is 5.12. The Bertz CT molecular complexity index is 583. The van der Waals surface area contributed by atoms with Gasteiger partial charge in [-0.3, -0.25) is 0 Å². The van der Waals surface area contributed by atoms with Crippen LogP contribution in [0.3, 0.4) is 0 Å². The highest BCUT2D eigenvalue weighted by atomic mass is 16.5. The topological polar surface area (TPSA) is 40.5 Å². The van der Waals surface area contributed by atoms with E-state index in [9.17, 15) is 10.2 Å². The van der Waals surface area contributed by atoms with Crippen molar-refractivity contribution in [2.24, 2.45) is 52.3 Å². The molecule has 168 valence electrons. The van der Waals surface area contributed by atoms with Crippen molar-refractivity contribution in [2.45, 2.75) is 117 Å². The van der Waals surface area contributed by atoms with Crippen LogP contribution in [0.1, 0.15) is 112 Å². The zero-order valence-electron chi connectivity index (χ0n) is 19.9. The van der Waals surface area contributed by atoms with Crippen LogP contribution in [0.15, 0.2) is 0 Å². The Morgan fingerprint density at radius 1 is 0.828 bits per heavy atom. The molecular weight excluding hydrogens is 356 g/mol. The molecule has 0 heterocycles. The second-order valence-corrected chi connectivity index (χ2v) is 12.7. The molecule has 0 aromatic carbocycles. The first-order valence-corrected chi connectivity index (χ1v) is 13.1. The van der Waals surface area contributed by atoms with E-state index in [1.807, 2.05) is 0 Å². The zero-order valence-corrected chi connectivity index (χ0v) is 19.9. The molecule has 0 spiro atoms. The van der Waals surface area contributed by atoms with Crippen molar-refractivity contribution in [3.8, 4) is 0 Å². The maximum Gasteiger partial charge on any atom is 0.168 e. The minimum atomic E-state index is -1.45. The van der Waals surface area contributed by atoms with Gasteiger partial charge in [-0.15, -0.1) is 0 Å². The summed E-state index contributed by atoms with van der Waals surface area (Å²) in [5, 5.41) is 22.2. The Morgan fingerprint density at radius 2 is 1.59 bits per heavy atom. The van der Waals surface area contributed by atoms with Crippen LogP contribution in [-0.4, -0.2) is 16.0 Å². The van der Waals surface area contributed by atoms with E-state index in [2.05, 4.69) is 34.6 Å². The molecule has 0 amide bonds. The summed E-state index contributed by atoms with van der Waals surface area (Å²) in [5.41, 5.74) is 0.209. The summed E-state index contributed by atoms with van der Waals surface area (Å²) in [6.07, 6.45) is 14.9. The summed E-state index contributed by atoms with van der Waals surface area (Å²) < 4.78 is 0. The minimum absolute atomic E-state index is 0.281. The lowest BCUT2D eigenvalue weighted by atomic mass is 9.43. The minimum Gasteiger partial charge on any atom is -0.365 e. The van der Waals surface area contributed by atoms with Gasteiger partial charge in [-0.1, -0.05) is 53.9 Å². The molecule has 4 aliphatic carbocycles. The second kappa shape index (κ2) is 7.80. The summed E-state index contributed by atoms with van der Waals surface area (Å²) >= 11 is 0. The molecule has 0 aliphatic heterocycles. The molecule has 4 fully saturated rings. The first-order chi connectivity index (χ1) is 13.6. The number of fused-ring (bicyclic) bond motifs is 5. The zero-order chi connectivity index (χ0) is 21.0. The van der Waals surface area contributed by atoms with E-state index in [0.29, 0.717) is 23.7 Å². The van der Waals surface area contributed by atoms with Gasteiger partial charge in [0, 0.05) is 11.8 Å². The largest absolute Gasteiger partial charge is 0.365 e. The number of aliphatic hydroxyl groups is 2. The highest BCUT2D eigenvalue weighted by Crippen LogP contribution is 2.69. The van der Waals surface area contributed by atoms with E-state index in [-0.39, 0.29) is 5.41 Å². The van der Waals surface area contributed by atoms with E-state index in [1.165, 1.54) is 64.2 Å². The fourth-order valence-electron chi connectivity index (χ4n) is 9.39. The summed E-state index contributed by atoms with van der Waals surface area (Å²) in [7, 11) is 0. The molecule has 0 radical (unpaired) electrons. The van der Waals surface area contributed by atoms with E-state index < -0.39 is 5.79 Å². The quantitative estimate of drug-likeness (QED) is 0.495. The molecule has 4 aliphatic rings. The Labute approximate surface area is 180 Å². The number of hydrogen-bond acceptors (Lipinski definition) is 2. The van der Waals surface area contributed by atoms with Crippen LogP contribution in [0.4, 0.5) is 0 Å². The molecular formula is C27H48O2. The van der Waals surface area contributed by atoms with E-state index in [0.717, 1.165) is 36.0 Å². The maximum atomic E-state index is 11.1. The van der Waals surface area contributed by atoms with Crippen LogP contribution in [0, 0.1) is 52.3 Å². The van der Waals surface area contributed by atoms with Crippen molar-refractivity contribution in [3.05, 3.63) is 0 Å². The van der Waals surface area contributed by atoms with Crippen LogP contribution in [0.5, 0.6) is 0 Å². The van der Waals surface area contributed by atoms with Crippen molar-refractivity contribution in [1.29, 1.82) is 0 Å². The van der Waals surface area contributed by atoms with Crippen molar-refractivity contribution in [1.82, 2.24) is 0 Å². The average Bonchev–Trinajstić information content (AvgIpc) is 2.99. The normalized spacial score (nSPS) is 47.4. The van der Waals surface area contributed by atoms with Gasteiger partial charge in [0.1, 0.15) is 0 Å². The lowest BCUT2D eigenvalue weighted by Gasteiger charge is -2.63. The maximum absolute atomic E-state index is 11.1. The molecule has 8 atom stereocenters. The van der Waals surface area contributed by atoms with Crippen molar-refractivity contribution >= 4 is 0 Å². The van der Waals surface area contributed by atoms with Gasteiger partial charge < -0.3 is 10.2 Å². The van der Waals surface area contributed by atoms with Gasteiger partial charge in [-0.2, -0.15) is 0 Å². The van der Waals surface area contributed by atoms with Crippen molar-refractivity contribution in [2.75, 3.05) is 0 Å². The van der Waals surface area contributed by atoms with Gasteiger partial charge in [0.15, 0.2) is 5.79 Å². The van der Waals surface area contributed by atoms with Crippen LogP contribution >= 0.6 is 0 Å². The highest BCUT2D eigenvalue weighted by Gasteiger charge is 2.65. The molecule has 4 rings (SSSR count). The lowest BCUT2D eigenvalue weighted by Crippen LogP contribution is -2.63. The summed E-state index contributed by atoms with van der Waals surface area (Å²) in [6.45, 7) is 12.1. The van der Waals surface area contributed by atoms with E-state index >= 15 is 0 Å². The first-order valence-electron chi connectivity index (χ1n) is 13.1. The molecule has 0 saturated heterocycles. The third-order valence-corrected chi connectivity index (χ3v) is 11.0. The first kappa shape index (κ1) is 22.1. The van der Waals surface area contributed by atoms with Gasteiger partial charge >= 0.3 is 0 Å². The predicted molar refractivity (Wildman–Crippen MR) is 120 cm³/mol. The number of hydrogen-bond donors (Lipinski definition) is 2. The Balaban J connectivity index is 1.51. The molecule has 29 heavy (non-hydrogen) atoms. The standard InChI is InChI=1S/C27H48O2/c1-18(2)8-6-9-19(3)22-13-14-23-21-12-11-20-10-7-16-27(28,29)26(20,5)24(21)15-17-25(22,23)4/h18-24,28-29H,6-17H2,1-5H3/t19-,20+,21+,22-,23+,24+,25-,26+/m1/s1. The molecule has 4 saturated carbocycles. The van der Waals surface area contributed by atoms with Crippen molar-refractivity contribution in [3.63, 3.8) is 0 Å². The summed E-state index contributed by atoms with van der Waals surface area (Å²) in [4.78, 5) is 0. The summed E-state index contributed by atoms with van der Waals surface area (Å²) in [5.74, 6) is 3.67. The van der Waals surface area contributed by atoms with E-state index in [4.69, 9.17) is 0 Å². The van der Waals surface area contributed by atoms with Crippen LogP contribution in [0.25, 0.3) is 0 Å². The second-order valence-electron chi connectivity index (χ2n) is 12.7.